The summed E-state index contributed by atoms with van der Waals surface area (Å²) in [7, 11) is 1.69. The van der Waals surface area contributed by atoms with Gasteiger partial charge in [0.25, 0.3) is 0 Å². The predicted octanol–water partition coefficient (Wildman–Crippen LogP) is 3.98. The molecule has 4 nitrogen and oxygen atoms in total. The first-order chi connectivity index (χ1) is 13.1. The highest BCUT2D eigenvalue weighted by Gasteiger charge is 2.27. The van der Waals surface area contributed by atoms with E-state index in [-0.39, 0.29) is 23.6 Å². The number of halogens is 1. The van der Waals surface area contributed by atoms with Gasteiger partial charge in [-0.25, -0.2) is 4.39 Å². The summed E-state index contributed by atoms with van der Waals surface area (Å²) >= 11 is 0. The van der Waals surface area contributed by atoms with Gasteiger partial charge in [-0.1, -0.05) is 12.1 Å². The number of benzene rings is 2. The number of Topliss-reactive ketones (excluding diaryl/α,β-unsaturated/α-hetero) is 1. The van der Waals surface area contributed by atoms with Gasteiger partial charge in [-0.05, 0) is 67.9 Å². The molecule has 1 saturated heterocycles. The number of likely N-dealkylation sites (tertiary alicyclic amines) is 1. The van der Waals surface area contributed by atoms with Crippen molar-refractivity contribution in [1.82, 2.24) is 4.90 Å². The summed E-state index contributed by atoms with van der Waals surface area (Å²) in [5.41, 5.74) is 2.26. The third-order valence-electron chi connectivity index (χ3n) is 5.21. The standard InChI is InChI=1S/C22H23FN2O2/c1-27-21(17-4-2-16(14-24)3-5-17)15-25-12-10-19(11-13-25)22(26)18-6-8-20(23)9-7-18/h2-9,19,21H,10-13,15H2,1H3. The van der Waals surface area contributed by atoms with E-state index in [1.165, 1.54) is 12.1 Å². The summed E-state index contributed by atoms with van der Waals surface area (Å²) in [5, 5.41) is 8.92. The maximum atomic E-state index is 13.0. The number of carbonyl (C=O) groups is 1. The van der Waals surface area contributed by atoms with Crippen LogP contribution in [0.3, 0.4) is 0 Å². The minimum Gasteiger partial charge on any atom is -0.375 e. The molecule has 3 rings (SSSR count). The Balaban J connectivity index is 1.55. The number of nitrogens with zero attached hydrogens (tertiary/aromatic N) is 2. The summed E-state index contributed by atoms with van der Waals surface area (Å²) in [5.74, 6) is -0.234. The van der Waals surface area contributed by atoms with Crippen LogP contribution in [-0.4, -0.2) is 37.4 Å². The molecular formula is C22H23FN2O2. The molecule has 2 aromatic carbocycles. The van der Waals surface area contributed by atoms with Crippen LogP contribution in [0.15, 0.2) is 48.5 Å². The molecule has 1 fully saturated rings. The van der Waals surface area contributed by atoms with Crippen molar-refractivity contribution < 1.29 is 13.9 Å². The van der Waals surface area contributed by atoms with Crippen molar-refractivity contribution in [3.8, 4) is 6.07 Å². The summed E-state index contributed by atoms with van der Waals surface area (Å²) in [4.78, 5) is 14.9. The second kappa shape index (κ2) is 8.90. The van der Waals surface area contributed by atoms with Gasteiger partial charge in [0.15, 0.2) is 5.78 Å². The van der Waals surface area contributed by atoms with Crippen molar-refractivity contribution >= 4 is 5.78 Å². The predicted molar refractivity (Wildman–Crippen MR) is 101 cm³/mol. The fourth-order valence-corrected chi connectivity index (χ4v) is 3.55. The van der Waals surface area contributed by atoms with Crippen LogP contribution in [0.2, 0.25) is 0 Å². The van der Waals surface area contributed by atoms with E-state index in [2.05, 4.69) is 11.0 Å². The van der Waals surface area contributed by atoms with E-state index < -0.39 is 0 Å². The molecule has 0 aromatic heterocycles. The van der Waals surface area contributed by atoms with Crippen molar-refractivity contribution in [2.24, 2.45) is 5.92 Å². The number of nitriles is 1. The Kier molecular flexibility index (Phi) is 6.33. The average molecular weight is 366 g/mol. The van der Waals surface area contributed by atoms with Crippen LogP contribution in [0.5, 0.6) is 0 Å². The highest BCUT2D eigenvalue weighted by molar-refractivity contribution is 5.97. The Morgan fingerprint density at radius 3 is 2.37 bits per heavy atom. The van der Waals surface area contributed by atoms with E-state index in [1.807, 2.05) is 12.1 Å². The maximum Gasteiger partial charge on any atom is 0.166 e. The number of rotatable bonds is 6. The number of carbonyl (C=O) groups excluding carboxylic acids is 1. The minimum atomic E-state index is -0.324. The molecule has 0 saturated carbocycles. The van der Waals surface area contributed by atoms with Gasteiger partial charge in [-0.3, -0.25) is 4.79 Å². The number of piperidine rings is 1. The first-order valence-electron chi connectivity index (χ1n) is 9.15. The van der Waals surface area contributed by atoms with Crippen LogP contribution in [0.25, 0.3) is 0 Å². The number of hydrogen-bond donors (Lipinski definition) is 0. The molecule has 0 amide bonds. The second-order valence-corrected chi connectivity index (χ2v) is 6.90. The Morgan fingerprint density at radius 2 is 1.81 bits per heavy atom. The summed E-state index contributed by atoms with van der Waals surface area (Å²) in [6, 6.07) is 15.4. The fraction of sp³-hybridized carbons (Fsp3) is 0.364. The van der Waals surface area contributed by atoms with E-state index in [9.17, 15) is 9.18 Å². The number of ketones is 1. The maximum absolute atomic E-state index is 13.0. The molecule has 0 radical (unpaired) electrons. The van der Waals surface area contributed by atoms with Crippen molar-refractivity contribution in [1.29, 1.82) is 5.26 Å². The number of hydrogen-bond acceptors (Lipinski definition) is 4. The molecule has 2 aromatic rings. The van der Waals surface area contributed by atoms with Crippen molar-refractivity contribution in [3.05, 3.63) is 71.0 Å². The molecule has 1 aliphatic rings. The van der Waals surface area contributed by atoms with Gasteiger partial charge in [0.05, 0.1) is 17.7 Å². The zero-order valence-corrected chi connectivity index (χ0v) is 15.4. The Hall–Kier alpha value is -2.55. The van der Waals surface area contributed by atoms with Crippen molar-refractivity contribution in [2.75, 3.05) is 26.7 Å². The van der Waals surface area contributed by atoms with E-state index in [1.54, 1.807) is 31.4 Å². The summed E-state index contributed by atoms with van der Waals surface area (Å²) in [6.45, 7) is 2.40. The zero-order valence-electron chi connectivity index (χ0n) is 15.4. The van der Waals surface area contributed by atoms with E-state index in [0.717, 1.165) is 38.0 Å². The lowest BCUT2D eigenvalue weighted by atomic mass is 9.88. The highest BCUT2D eigenvalue weighted by Crippen LogP contribution is 2.25. The van der Waals surface area contributed by atoms with Crippen molar-refractivity contribution in [2.45, 2.75) is 18.9 Å². The van der Waals surface area contributed by atoms with Crippen LogP contribution >= 0.6 is 0 Å². The summed E-state index contributed by atoms with van der Waals surface area (Å²) in [6.07, 6.45) is 1.52. The quantitative estimate of drug-likeness (QED) is 0.726. The molecule has 0 N–H and O–H groups in total. The van der Waals surface area contributed by atoms with Crippen LogP contribution in [-0.2, 0) is 4.74 Å². The van der Waals surface area contributed by atoms with E-state index in [0.29, 0.717) is 11.1 Å². The third-order valence-corrected chi connectivity index (χ3v) is 5.21. The molecule has 1 heterocycles. The lowest BCUT2D eigenvalue weighted by Gasteiger charge is -2.33. The van der Waals surface area contributed by atoms with Gasteiger partial charge in [0.1, 0.15) is 5.82 Å². The van der Waals surface area contributed by atoms with Gasteiger partial charge in [0, 0.05) is 25.1 Å². The van der Waals surface area contributed by atoms with Crippen molar-refractivity contribution in [3.63, 3.8) is 0 Å². The van der Waals surface area contributed by atoms with Gasteiger partial charge >= 0.3 is 0 Å². The molecule has 1 unspecified atom stereocenters. The number of methoxy groups -OCH3 is 1. The van der Waals surface area contributed by atoms with Gasteiger partial charge in [-0.2, -0.15) is 5.26 Å². The number of ether oxygens (including phenoxy) is 1. The molecule has 0 spiro atoms. The lowest BCUT2D eigenvalue weighted by molar-refractivity contribution is 0.0485. The third kappa shape index (κ3) is 4.79. The molecule has 0 bridgehead atoms. The highest BCUT2D eigenvalue weighted by atomic mass is 19.1. The molecule has 140 valence electrons. The van der Waals surface area contributed by atoms with E-state index in [4.69, 9.17) is 10.00 Å². The molecule has 5 heteroatoms. The normalized spacial score (nSPS) is 16.6. The van der Waals surface area contributed by atoms with Crippen LogP contribution < -0.4 is 0 Å². The largest absolute Gasteiger partial charge is 0.375 e. The topological polar surface area (TPSA) is 53.3 Å². The monoisotopic (exact) mass is 366 g/mol. The van der Waals surface area contributed by atoms with Crippen LogP contribution in [0.1, 0.15) is 40.4 Å². The second-order valence-electron chi connectivity index (χ2n) is 6.90. The molecule has 27 heavy (non-hydrogen) atoms. The molecule has 1 aliphatic heterocycles. The van der Waals surface area contributed by atoms with Crippen LogP contribution in [0, 0.1) is 23.1 Å². The zero-order chi connectivity index (χ0) is 19.2. The molecular weight excluding hydrogens is 343 g/mol. The SMILES string of the molecule is COC(CN1CCC(C(=O)c2ccc(F)cc2)CC1)c1ccc(C#N)cc1. The van der Waals surface area contributed by atoms with Gasteiger partial charge in [-0.15, -0.1) is 0 Å². The smallest absolute Gasteiger partial charge is 0.166 e. The van der Waals surface area contributed by atoms with Gasteiger partial charge in [0.2, 0.25) is 0 Å². The van der Waals surface area contributed by atoms with E-state index >= 15 is 0 Å². The Labute approximate surface area is 159 Å². The molecule has 1 atom stereocenters. The summed E-state index contributed by atoms with van der Waals surface area (Å²) < 4.78 is 18.7. The Morgan fingerprint density at radius 1 is 1.19 bits per heavy atom. The average Bonchev–Trinajstić information content (AvgIpc) is 2.72. The fourth-order valence-electron chi connectivity index (χ4n) is 3.55. The molecule has 0 aliphatic carbocycles. The van der Waals surface area contributed by atoms with Crippen LogP contribution in [0.4, 0.5) is 4.39 Å². The first-order valence-corrected chi connectivity index (χ1v) is 9.15. The minimum absolute atomic E-state index is 0.0115. The first kappa shape index (κ1) is 19.2. The van der Waals surface area contributed by atoms with Gasteiger partial charge < -0.3 is 9.64 Å². The lowest BCUT2D eigenvalue weighted by Crippen LogP contribution is -2.39. The Bertz CT molecular complexity index is 804.